The van der Waals surface area contributed by atoms with Gasteiger partial charge in [0, 0.05) is 30.6 Å². The smallest absolute Gasteiger partial charge is 0.262 e. The second-order valence-electron chi connectivity index (χ2n) is 6.38. The molecule has 3 rings (SSSR count). The molecule has 140 valence electrons. The molecule has 1 N–H and O–H groups in total. The molecule has 3 aromatic rings. The SMILES string of the molecule is COc1cc2c(CCNC(C)=O)cn(C(=O)c3ccccc3C)c2cc1Cl. The molecule has 5 nitrogen and oxygen atoms in total. The average Bonchev–Trinajstić information content (AvgIpc) is 2.98. The zero-order chi connectivity index (χ0) is 19.6. The third kappa shape index (κ3) is 3.83. The van der Waals surface area contributed by atoms with Crippen molar-refractivity contribution >= 4 is 34.3 Å². The molecule has 0 unspecified atom stereocenters. The van der Waals surface area contributed by atoms with Crippen LogP contribution in [0.3, 0.4) is 0 Å². The first-order chi connectivity index (χ1) is 12.9. The van der Waals surface area contributed by atoms with E-state index in [1.54, 1.807) is 17.7 Å². The number of amides is 1. The fourth-order valence-corrected chi connectivity index (χ4v) is 3.37. The Labute approximate surface area is 162 Å². The van der Waals surface area contributed by atoms with Crippen molar-refractivity contribution in [3.63, 3.8) is 0 Å². The minimum absolute atomic E-state index is 0.0876. The normalized spacial score (nSPS) is 10.8. The molecule has 1 aromatic heterocycles. The van der Waals surface area contributed by atoms with Crippen molar-refractivity contribution in [1.82, 2.24) is 9.88 Å². The number of nitrogens with one attached hydrogen (secondary N) is 1. The number of methoxy groups -OCH3 is 1. The highest BCUT2D eigenvalue weighted by Gasteiger charge is 2.18. The highest BCUT2D eigenvalue weighted by atomic mass is 35.5. The molecule has 0 aliphatic carbocycles. The van der Waals surface area contributed by atoms with E-state index >= 15 is 0 Å². The largest absolute Gasteiger partial charge is 0.495 e. The van der Waals surface area contributed by atoms with Crippen molar-refractivity contribution in [2.45, 2.75) is 20.3 Å². The number of aromatic nitrogens is 1. The Hall–Kier alpha value is -2.79. The topological polar surface area (TPSA) is 60.3 Å². The predicted molar refractivity (Wildman–Crippen MR) is 107 cm³/mol. The molecule has 6 heteroatoms. The van der Waals surface area contributed by atoms with Gasteiger partial charge in [-0.3, -0.25) is 14.2 Å². The van der Waals surface area contributed by atoms with E-state index in [-0.39, 0.29) is 11.8 Å². The number of hydrogen-bond acceptors (Lipinski definition) is 3. The maximum atomic E-state index is 13.2. The Morgan fingerprint density at radius 3 is 2.63 bits per heavy atom. The number of fused-ring (bicyclic) bond motifs is 1. The summed E-state index contributed by atoms with van der Waals surface area (Å²) in [5.41, 5.74) is 3.20. The maximum absolute atomic E-state index is 13.2. The molecular weight excluding hydrogens is 364 g/mol. The van der Waals surface area contributed by atoms with Crippen molar-refractivity contribution < 1.29 is 14.3 Å². The van der Waals surface area contributed by atoms with Crippen LogP contribution in [-0.2, 0) is 11.2 Å². The molecule has 0 fully saturated rings. The molecule has 0 spiro atoms. The molecule has 1 amide bonds. The number of nitrogens with zero attached hydrogens (tertiary/aromatic N) is 1. The number of ether oxygens (including phenoxy) is 1. The summed E-state index contributed by atoms with van der Waals surface area (Å²) in [6, 6.07) is 11.1. The Balaban J connectivity index is 2.11. The van der Waals surface area contributed by atoms with Gasteiger partial charge in [0.25, 0.3) is 5.91 Å². The van der Waals surface area contributed by atoms with Gasteiger partial charge in [-0.05, 0) is 42.7 Å². The summed E-state index contributed by atoms with van der Waals surface area (Å²) in [6.45, 7) is 3.87. The van der Waals surface area contributed by atoms with Crippen molar-refractivity contribution in [3.05, 3.63) is 64.3 Å². The van der Waals surface area contributed by atoms with E-state index < -0.39 is 0 Å². The van der Waals surface area contributed by atoms with Gasteiger partial charge < -0.3 is 10.1 Å². The number of halogens is 1. The molecule has 0 radical (unpaired) electrons. The van der Waals surface area contributed by atoms with E-state index in [2.05, 4.69) is 5.32 Å². The highest BCUT2D eigenvalue weighted by molar-refractivity contribution is 6.33. The molecular formula is C21H21ClN2O3. The van der Waals surface area contributed by atoms with Gasteiger partial charge in [0.1, 0.15) is 5.75 Å². The van der Waals surface area contributed by atoms with Crippen molar-refractivity contribution in [1.29, 1.82) is 0 Å². The lowest BCUT2D eigenvalue weighted by Crippen LogP contribution is -2.22. The first kappa shape index (κ1) is 19.0. The standard InChI is InChI=1S/C21H21ClN2O3/c1-13-6-4-5-7-16(13)21(26)24-12-15(8-9-23-14(2)25)17-10-20(27-3)18(22)11-19(17)24/h4-7,10-12H,8-9H2,1-3H3,(H,23,25). The van der Waals surface area contributed by atoms with Gasteiger partial charge in [0.2, 0.25) is 5.91 Å². The third-order valence-corrected chi connectivity index (χ3v) is 4.82. The second kappa shape index (κ2) is 7.84. The highest BCUT2D eigenvalue weighted by Crippen LogP contribution is 2.33. The third-order valence-electron chi connectivity index (χ3n) is 4.52. The Kier molecular flexibility index (Phi) is 5.51. The number of benzene rings is 2. The zero-order valence-electron chi connectivity index (χ0n) is 15.5. The molecule has 0 aliphatic rings. The predicted octanol–water partition coefficient (Wildman–Crippen LogP) is 3.98. The lowest BCUT2D eigenvalue weighted by molar-refractivity contribution is -0.118. The number of carbonyl (C=O) groups excluding carboxylic acids is 2. The van der Waals surface area contributed by atoms with Gasteiger partial charge in [0.05, 0.1) is 17.6 Å². The van der Waals surface area contributed by atoms with Crippen molar-refractivity contribution in [3.8, 4) is 5.75 Å². The monoisotopic (exact) mass is 384 g/mol. The first-order valence-electron chi connectivity index (χ1n) is 8.64. The number of hydrogen-bond donors (Lipinski definition) is 1. The number of aryl methyl sites for hydroxylation is 1. The van der Waals surface area contributed by atoms with E-state index in [4.69, 9.17) is 16.3 Å². The van der Waals surface area contributed by atoms with Gasteiger partial charge in [-0.15, -0.1) is 0 Å². The van der Waals surface area contributed by atoms with Gasteiger partial charge in [0.15, 0.2) is 0 Å². The molecule has 2 aromatic carbocycles. The van der Waals surface area contributed by atoms with E-state index in [9.17, 15) is 9.59 Å². The minimum atomic E-state index is -0.120. The summed E-state index contributed by atoms with van der Waals surface area (Å²) in [5, 5.41) is 4.11. The summed E-state index contributed by atoms with van der Waals surface area (Å²) >= 11 is 6.31. The quantitative estimate of drug-likeness (QED) is 0.723. The summed E-state index contributed by atoms with van der Waals surface area (Å²) < 4.78 is 6.95. The van der Waals surface area contributed by atoms with Gasteiger partial charge in [-0.2, -0.15) is 0 Å². The zero-order valence-corrected chi connectivity index (χ0v) is 16.3. The average molecular weight is 385 g/mol. The molecule has 0 aliphatic heterocycles. The van der Waals surface area contributed by atoms with E-state index in [1.807, 2.05) is 43.5 Å². The second-order valence-corrected chi connectivity index (χ2v) is 6.79. The fourth-order valence-electron chi connectivity index (χ4n) is 3.13. The van der Waals surface area contributed by atoms with Crippen LogP contribution in [0.4, 0.5) is 0 Å². The Morgan fingerprint density at radius 2 is 1.96 bits per heavy atom. The molecule has 27 heavy (non-hydrogen) atoms. The van der Waals surface area contributed by atoms with Crippen LogP contribution < -0.4 is 10.1 Å². The Morgan fingerprint density at radius 1 is 1.22 bits per heavy atom. The van der Waals surface area contributed by atoms with E-state index in [1.165, 1.54) is 6.92 Å². The summed E-state index contributed by atoms with van der Waals surface area (Å²) in [4.78, 5) is 24.3. The lowest BCUT2D eigenvalue weighted by atomic mass is 10.1. The van der Waals surface area contributed by atoms with Gasteiger partial charge in [-0.1, -0.05) is 29.8 Å². The molecule has 0 saturated heterocycles. The fraction of sp³-hybridized carbons (Fsp3) is 0.238. The van der Waals surface area contributed by atoms with Crippen LogP contribution in [0.2, 0.25) is 5.02 Å². The van der Waals surface area contributed by atoms with E-state index in [0.29, 0.717) is 34.8 Å². The van der Waals surface area contributed by atoms with Crippen molar-refractivity contribution in [2.24, 2.45) is 0 Å². The first-order valence-corrected chi connectivity index (χ1v) is 9.02. The lowest BCUT2D eigenvalue weighted by Gasteiger charge is -2.08. The summed E-state index contributed by atoms with van der Waals surface area (Å²) in [6.07, 6.45) is 2.41. The van der Waals surface area contributed by atoms with Crippen LogP contribution in [0.15, 0.2) is 42.6 Å². The van der Waals surface area contributed by atoms with Gasteiger partial charge >= 0.3 is 0 Å². The van der Waals surface area contributed by atoms with Crippen LogP contribution in [0.5, 0.6) is 5.75 Å². The van der Waals surface area contributed by atoms with E-state index in [0.717, 1.165) is 16.5 Å². The van der Waals surface area contributed by atoms with Gasteiger partial charge in [-0.25, -0.2) is 0 Å². The molecule has 0 atom stereocenters. The summed E-state index contributed by atoms with van der Waals surface area (Å²) in [7, 11) is 1.56. The van der Waals surface area contributed by atoms with Crippen LogP contribution in [0.1, 0.15) is 28.4 Å². The van der Waals surface area contributed by atoms with Crippen LogP contribution in [0.25, 0.3) is 10.9 Å². The maximum Gasteiger partial charge on any atom is 0.262 e. The van der Waals surface area contributed by atoms with Crippen molar-refractivity contribution in [2.75, 3.05) is 13.7 Å². The van der Waals surface area contributed by atoms with Crippen LogP contribution in [0, 0.1) is 6.92 Å². The van der Waals surface area contributed by atoms with Crippen LogP contribution in [-0.4, -0.2) is 30.0 Å². The Bertz CT molecular complexity index is 1020. The summed E-state index contributed by atoms with van der Waals surface area (Å²) in [5.74, 6) is 0.339. The molecule has 0 bridgehead atoms. The molecule has 1 heterocycles. The number of carbonyl (C=O) groups is 2. The molecule has 0 saturated carbocycles. The number of rotatable bonds is 5. The van der Waals surface area contributed by atoms with Crippen LogP contribution >= 0.6 is 11.6 Å². The minimum Gasteiger partial charge on any atom is -0.495 e.